The molecule has 126 valence electrons. The number of likely N-dealkylation sites (tertiary alicyclic amines) is 2. The van der Waals surface area contributed by atoms with Gasteiger partial charge in [-0.25, -0.2) is 9.97 Å². The Morgan fingerprint density at radius 3 is 2.70 bits per heavy atom. The number of amides is 1. The average molecular weight is 317 g/mol. The molecule has 3 rings (SSSR count). The van der Waals surface area contributed by atoms with Crippen LogP contribution in [0, 0.1) is 5.92 Å². The average Bonchev–Trinajstić information content (AvgIpc) is 3.04. The van der Waals surface area contributed by atoms with Gasteiger partial charge in [0.2, 0.25) is 5.91 Å². The Kier molecular flexibility index (Phi) is 5.10. The third kappa shape index (κ3) is 3.99. The molecule has 2 saturated heterocycles. The lowest BCUT2D eigenvalue weighted by atomic mass is 10.0. The molecule has 1 aromatic rings. The number of carbonyl (C=O) groups excluding carboxylic acids is 1. The van der Waals surface area contributed by atoms with E-state index in [2.05, 4.69) is 26.8 Å². The summed E-state index contributed by atoms with van der Waals surface area (Å²) in [5.74, 6) is 1.87. The molecule has 1 atom stereocenters. The Bertz CT molecular complexity index is 515. The van der Waals surface area contributed by atoms with Gasteiger partial charge < -0.3 is 14.7 Å². The van der Waals surface area contributed by atoms with Crippen molar-refractivity contribution >= 4 is 11.7 Å². The van der Waals surface area contributed by atoms with Crippen molar-refractivity contribution in [1.29, 1.82) is 0 Å². The van der Waals surface area contributed by atoms with Crippen molar-refractivity contribution in [3.63, 3.8) is 0 Å². The minimum Gasteiger partial charge on any atom is -0.356 e. The van der Waals surface area contributed by atoms with Gasteiger partial charge in [-0.15, -0.1) is 0 Å². The highest BCUT2D eigenvalue weighted by atomic mass is 16.2. The van der Waals surface area contributed by atoms with Gasteiger partial charge in [0.1, 0.15) is 12.1 Å². The summed E-state index contributed by atoms with van der Waals surface area (Å²) in [6.45, 7) is 6.96. The van der Waals surface area contributed by atoms with Gasteiger partial charge in [-0.2, -0.15) is 0 Å². The van der Waals surface area contributed by atoms with Crippen LogP contribution in [0.15, 0.2) is 18.6 Å². The molecule has 2 fully saturated rings. The van der Waals surface area contributed by atoms with Crippen molar-refractivity contribution in [3.8, 4) is 0 Å². The molecular weight excluding hydrogens is 290 g/mol. The molecule has 2 aliphatic heterocycles. The topological polar surface area (TPSA) is 52.6 Å². The van der Waals surface area contributed by atoms with Crippen LogP contribution in [0.2, 0.25) is 0 Å². The number of rotatable bonds is 4. The number of anilines is 1. The first-order chi connectivity index (χ1) is 11.1. The molecule has 1 aromatic heterocycles. The molecule has 0 saturated carbocycles. The maximum absolute atomic E-state index is 11.4. The molecule has 3 heterocycles. The van der Waals surface area contributed by atoms with Crippen molar-refractivity contribution in [3.05, 3.63) is 18.6 Å². The zero-order valence-corrected chi connectivity index (χ0v) is 14.2. The number of carbonyl (C=O) groups is 1. The predicted octanol–water partition coefficient (Wildman–Crippen LogP) is 1.25. The highest BCUT2D eigenvalue weighted by molar-refractivity contribution is 5.73. The van der Waals surface area contributed by atoms with E-state index in [4.69, 9.17) is 0 Å². The number of hydrogen-bond acceptors (Lipinski definition) is 5. The van der Waals surface area contributed by atoms with Gasteiger partial charge in [-0.05, 0) is 31.2 Å². The molecule has 0 bridgehead atoms. The summed E-state index contributed by atoms with van der Waals surface area (Å²) in [6, 6.07) is 2.53. The third-order valence-corrected chi connectivity index (χ3v) is 5.28. The Balaban J connectivity index is 1.45. The van der Waals surface area contributed by atoms with E-state index in [1.54, 1.807) is 19.4 Å². The van der Waals surface area contributed by atoms with Gasteiger partial charge in [0.15, 0.2) is 0 Å². The van der Waals surface area contributed by atoms with Gasteiger partial charge in [-0.1, -0.05) is 0 Å². The van der Waals surface area contributed by atoms with E-state index >= 15 is 0 Å². The number of piperidine rings is 1. The fourth-order valence-corrected chi connectivity index (χ4v) is 3.80. The van der Waals surface area contributed by atoms with Crippen LogP contribution in [0.1, 0.15) is 26.2 Å². The fraction of sp³-hybridized carbons (Fsp3) is 0.706. The van der Waals surface area contributed by atoms with Gasteiger partial charge in [0, 0.05) is 58.9 Å². The highest BCUT2D eigenvalue weighted by Crippen LogP contribution is 2.23. The smallest absolute Gasteiger partial charge is 0.219 e. The second-order valence-corrected chi connectivity index (χ2v) is 6.83. The monoisotopic (exact) mass is 317 g/mol. The van der Waals surface area contributed by atoms with Crippen LogP contribution in [0.5, 0.6) is 0 Å². The zero-order valence-electron chi connectivity index (χ0n) is 14.2. The van der Waals surface area contributed by atoms with E-state index in [1.807, 2.05) is 11.0 Å². The molecule has 1 amide bonds. The molecule has 6 heteroatoms. The van der Waals surface area contributed by atoms with E-state index < -0.39 is 0 Å². The fourth-order valence-electron chi connectivity index (χ4n) is 3.80. The minimum absolute atomic E-state index is 0.220. The lowest BCUT2D eigenvalue weighted by Crippen LogP contribution is -2.45. The summed E-state index contributed by atoms with van der Waals surface area (Å²) >= 11 is 0. The summed E-state index contributed by atoms with van der Waals surface area (Å²) in [4.78, 5) is 26.6. The maximum atomic E-state index is 11.4. The first kappa shape index (κ1) is 16.2. The first-order valence-corrected chi connectivity index (χ1v) is 8.60. The lowest BCUT2D eigenvalue weighted by Gasteiger charge is -2.38. The van der Waals surface area contributed by atoms with Crippen LogP contribution in [0.3, 0.4) is 0 Å². The Hall–Kier alpha value is -1.69. The molecule has 2 aliphatic rings. The van der Waals surface area contributed by atoms with Crippen molar-refractivity contribution < 1.29 is 4.79 Å². The van der Waals surface area contributed by atoms with Gasteiger partial charge in [0.05, 0.1) is 0 Å². The molecular formula is C17H27N5O. The first-order valence-electron chi connectivity index (χ1n) is 8.60. The predicted molar refractivity (Wildman–Crippen MR) is 90.3 cm³/mol. The molecule has 23 heavy (non-hydrogen) atoms. The Morgan fingerprint density at radius 1 is 1.30 bits per heavy atom. The molecule has 0 radical (unpaired) electrons. The number of aromatic nitrogens is 2. The van der Waals surface area contributed by atoms with E-state index in [-0.39, 0.29) is 5.91 Å². The van der Waals surface area contributed by atoms with Crippen LogP contribution >= 0.6 is 0 Å². The summed E-state index contributed by atoms with van der Waals surface area (Å²) in [5.41, 5.74) is 0. The van der Waals surface area contributed by atoms with Crippen molar-refractivity contribution in [2.75, 3.05) is 44.7 Å². The number of hydrogen-bond donors (Lipinski definition) is 0. The zero-order chi connectivity index (χ0) is 16.2. The van der Waals surface area contributed by atoms with Crippen LogP contribution in [-0.2, 0) is 4.79 Å². The Labute approximate surface area is 138 Å². The summed E-state index contributed by atoms with van der Waals surface area (Å²) in [5, 5.41) is 0. The molecule has 0 aliphatic carbocycles. The van der Waals surface area contributed by atoms with Crippen LogP contribution in [-0.4, -0.2) is 71.5 Å². The minimum atomic E-state index is 0.220. The summed E-state index contributed by atoms with van der Waals surface area (Å²) in [6.07, 6.45) is 6.91. The van der Waals surface area contributed by atoms with Gasteiger partial charge in [-0.3, -0.25) is 4.79 Å². The third-order valence-electron chi connectivity index (χ3n) is 5.28. The van der Waals surface area contributed by atoms with E-state index in [0.29, 0.717) is 12.0 Å². The molecule has 0 N–H and O–H groups in total. The van der Waals surface area contributed by atoms with Crippen LogP contribution in [0.25, 0.3) is 0 Å². The van der Waals surface area contributed by atoms with E-state index in [1.165, 1.54) is 12.8 Å². The van der Waals surface area contributed by atoms with Crippen molar-refractivity contribution in [1.82, 2.24) is 19.8 Å². The second-order valence-electron chi connectivity index (χ2n) is 6.83. The summed E-state index contributed by atoms with van der Waals surface area (Å²) in [7, 11) is 2.13. The van der Waals surface area contributed by atoms with Gasteiger partial charge >= 0.3 is 0 Å². The van der Waals surface area contributed by atoms with E-state index in [0.717, 1.165) is 45.0 Å². The van der Waals surface area contributed by atoms with E-state index in [9.17, 15) is 4.79 Å². The number of nitrogens with zero attached hydrogens (tertiary/aromatic N) is 5. The molecule has 0 aromatic carbocycles. The Morgan fingerprint density at radius 2 is 2.09 bits per heavy atom. The van der Waals surface area contributed by atoms with Crippen molar-refractivity contribution in [2.24, 2.45) is 5.92 Å². The van der Waals surface area contributed by atoms with Crippen LogP contribution in [0.4, 0.5) is 5.82 Å². The quantitative estimate of drug-likeness (QED) is 0.836. The highest BCUT2D eigenvalue weighted by Gasteiger charge is 2.28. The lowest BCUT2D eigenvalue weighted by molar-refractivity contribution is -0.127. The van der Waals surface area contributed by atoms with Crippen LogP contribution < -0.4 is 4.90 Å². The molecule has 0 spiro atoms. The normalized spacial score (nSPS) is 23.2. The van der Waals surface area contributed by atoms with Gasteiger partial charge in [0.25, 0.3) is 0 Å². The molecule has 1 unspecified atom stereocenters. The maximum Gasteiger partial charge on any atom is 0.219 e. The molecule has 6 nitrogen and oxygen atoms in total. The SMILES string of the molecule is CC(=O)N1CCC(CN2CCC(N(C)c3ccncn3)CC2)C1. The second kappa shape index (κ2) is 7.25. The largest absolute Gasteiger partial charge is 0.356 e. The standard InChI is InChI=1S/C17H27N5O/c1-14(23)22-10-4-15(12-22)11-21-8-5-16(6-9-21)20(2)17-3-7-18-13-19-17/h3,7,13,15-16H,4-6,8-12H2,1-2H3. The summed E-state index contributed by atoms with van der Waals surface area (Å²) < 4.78 is 0. The van der Waals surface area contributed by atoms with Crippen molar-refractivity contribution in [2.45, 2.75) is 32.2 Å².